The molecule has 0 N–H and O–H groups in total. The van der Waals surface area contributed by atoms with Gasteiger partial charge in [0.2, 0.25) is 0 Å². The summed E-state index contributed by atoms with van der Waals surface area (Å²) in [6.07, 6.45) is -10.2. The predicted molar refractivity (Wildman–Crippen MR) is 210 cm³/mol. The Morgan fingerprint density at radius 2 is 0.879 bits per heavy atom. The Balaban J connectivity index is 1.42. The van der Waals surface area contributed by atoms with Gasteiger partial charge in [-0.3, -0.25) is 0 Å². The van der Waals surface area contributed by atoms with Crippen molar-refractivity contribution in [3.8, 4) is 51.8 Å². The second kappa shape index (κ2) is 13.2. The van der Waals surface area contributed by atoms with Gasteiger partial charge in [-0.1, -0.05) is 42.5 Å². The zero-order chi connectivity index (χ0) is 40.5. The number of nitriles is 3. The van der Waals surface area contributed by atoms with Crippen molar-refractivity contribution in [2.75, 3.05) is 0 Å². The first-order valence-electron chi connectivity index (χ1n) is 17.7. The predicted octanol–water partition coefficient (Wildman–Crippen LogP) is 12.9. The fourth-order valence-electron chi connectivity index (χ4n) is 7.90. The van der Waals surface area contributed by atoms with Crippen LogP contribution >= 0.6 is 0 Å². The number of halogens is 6. The molecule has 9 rings (SSSR count). The molecule has 0 atom stereocenters. The Morgan fingerprint density at radius 1 is 0.397 bits per heavy atom. The molecule has 0 spiro atoms. The molecule has 0 amide bonds. The van der Waals surface area contributed by atoms with Crippen LogP contribution in [0, 0.1) is 34.0 Å². The Labute approximate surface area is 325 Å². The highest BCUT2D eigenvalue weighted by atomic mass is 19.4. The molecule has 0 fully saturated rings. The summed E-state index contributed by atoms with van der Waals surface area (Å²) in [7, 11) is 0. The summed E-state index contributed by atoms with van der Waals surface area (Å²) >= 11 is 0. The molecule has 0 saturated heterocycles. The normalized spacial score (nSPS) is 11.9. The summed E-state index contributed by atoms with van der Waals surface area (Å²) in [5.41, 5.74) is 2.27. The minimum Gasteiger partial charge on any atom is -0.309 e. The third-order valence-electron chi connectivity index (χ3n) is 10.4. The second-order valence-corrected chi connectivity index (χ2v) is 13.8. The molecule has 5 nitrogen and oxygen atoms in total. The highest BCUT2D eigenvalue weighted by Gasteiger charge is 2.37. The molecule has 11 heteroatoms. The summed E-state index contributed by atoms with van der Waals surface area (Å²) in [5.74, 6) is 0. The van der Waals surface area contributed by atoms with Crippen molar-refractivity contribution in [3.63, 3.8) is 0 Å². The number of alkyl halides is 6. The average Bonchev–Trinajstić information content (AvgIpc) is 3.74. The van der Waals surface area contributed by atoms with Gasteiger partial charge in [-0.05, 0) is 114 Å². The highest BCUT2D eigenvalue weighted by molar-refractivity contribution is 6.11. The van der Waals surface area contributed by atoms with Gasteiger partial charge in [0.1, 0.15) is 0 Å². The third kappa shape index (κ3) is 5.79. The van der Waals surface area contributed by atoms with Gasteiger partial charge in [0.25, 0.3) is 0 Å². The molecular formula is C47H23F6N5. The van der Waals surface area contributed by atoms with E-state index in [0.29, 0.717) is 56.7 Å². The lowest BCUT2D eigenvalue weighted by atomic mass is 9.90. The molecular weight excluding hydrogens is 749 g/mol. The van der Waals surface area contributed by atoms with Crippen molar-refractivity contribution in [1.82, 2.24) is 9.13 Å². The minimum absolute atomic E-state index is 0.0526. The molecule has 0 saturated carbocycles. The lowest BCUT2D eigenvalue weighted by Crippen LogP contribution is -2.11. The van der Waals surface area contributed by atoms with Gasteiger partial charge < -0.3 is 9.13 Å². The van der Waals surface area contributed by atoms with Crippen LogP contribution < -0.4 is 0 Å². The van der Waals surface area contributed by atoms with Gasteiger partial charge in [0, 0.05) is 32.8 Å². The molecule has 0 bridgehead atoms. The molecule has 58 heavy (non-hydrogen) atoms. The first kappa shape index (κ1) is 35.9. The molecule has 7 aromatic carbocycles. The quantitative estimate of drug-likeness (QED) is 0.167. The number of benzene rings is 7. The smallest absolute Gasteiger partial charge is 0.309 e. The molecule has 0 aliphatic carbocycles. The van der Waals surface area contributed by atoms with Gasteiger partial charge in [-0.2, -0.15) is 42.1 Å². The summed E-state index contributed by atoms with van der Waals surface area (Å²) in [5, 5.41) is 32.8. The van der Waals surface area contributed by atoms with E-state index in [2.05, 4.69) is 18.2 Å². The van der Waals surface area contributed by atoms with Crippen molar-refractivity contribution in [2.45, 2.75) is 12.4 Å². The molecule has 9 aromatic rings. The van der Waals surface area contributed by atoms with Gasteiger partial charge in [-0.15, -0.1) is 0 Å². The largest absolute Gasteiger partial charge is 0.416 e. The van der Waals surface area contributed by atoms with Gasteiger partial charge in [0.05, 0.1) is 73.8 Å². The Kier molecular flexibility index (Phi) is 8.13. The monoisotopic (exact) mass is 771 g/mol. The van der Waals surface area contributed by atoms with E-state index in [1.165, 1.54) is 6.07 Å². The van der Waals surface area contributed by atoms with Crippen molar-refractivity contribution in [3.05, 3.63) is 167 Å². The lowest BCUT2D eigenvalue weighted by molar-refractivity contribution is -0.143. The lowest BCUT2D eigenvalue weighted by Gasteiger charge is -2.21. The summed E-state index contributed by atoms with van der Waals surface area (Å²) in [6, 6.07) is 43.0. The van der Waals surface area contributed by atoms with Crippen LogP contribution in [0.25, 0.3) is 77.2 Å². The fraction of sp³-hybridized carbons (Fsp3) is 0.0426. The number of hydrogen-bond acceptors (Lipinski definition) is 3. The number of nitrogens with zero attached hydrogens (tertiary/aromatic N) is 5. The van der Waals surface area contributed by atoms with Gasteiger partial charge in [0.15, 0.2) is 0 Å². The second-order valence-electron chi connectivity index (χ2n) is 13.8. The van der Waals surface area contributed by atoms with E-state index in [4.69, 9.17) is 0 Å². The van der Waals surface area contributed by atoms with E-state index >= 15 is 0 Å². The van der Waals surface area contributed by atoms with E-state index < -0.39 is 23.5 Å². The number of fused-ring (bicyclic) bond motifs is 6. The molecule has 2 aromatic heterocycles. The van der Waals surface area contributed by atoms with Crippen molar-refractivity contribution in [1.29, 1.82) is 15.8 Å². The van der Waals surface area contributed by atoms with Crippen LogP contribution in [-0.2, 0) is 12.4 Å². The van der Waals surface area contributed by atoms with Crippen LogP contribution in [-0.4, -0.2) is 9.13 Å². The van der Waals surface area contributed by atoms with E-state index in [0.717, 1.165) is 27.1 Å². The minimum atomic E-state index is -5.10. The number of rotatable bonds is 4. The summed E-state index contributed by atoms with van der Waals surface area (Å²) in [6.45, 7) is 0. The average molecular weight is 772 g/mol. The first-order valence-corrected chi connectivity index (χ1v) is 17.7. The maximum Gasteiger partial charge on any atom is 0.416 e. The zero-order valence-electron chi connectivity index (χ0n) is 29.8. The summed E-state index contributed by atoms with van der Waals surface area (Å²) < 4.78 is 89.8. The van der Waals surface area contributed by atoms with E-state index in [1.54, 1.807) is 66.7 Å². The topological polar surface area (TPSA) is 81.2 Å². The summed E-state index contributed by atoms with van der Waals surface area (Å²) in [4.78, 5) is 0. The standard InChI is InChI=1S/C47H23F6N5/c48-46(49,50)31-20-30(21-32(22-31)47(51,52)53)34-13-12-33(57-41-7-3-1-5-35(41)38-17-27(24-54)9-14-43(38)57)23-37(34)40-19-29(26-56)11-16-45(40)58-42-8-4-2-6-36(42)39-18-28(25-55)10-15-44(39)58/h1-23H. The van der Waals surface area contributed by atoms with E-state index in [-0.39, 0.29) is 28.3 Å². The van der Waals surface area contributed by atoms with Crippen LogP contribution in [0.2, 0.25) is 0 Å². The molecule has 278 valence electrons. The van der Waals surface area contributed by atoms with Crippen LogP contribution in [0.15, 0.2) is 140 Å². The highest BCUT2D eigenvalue weighted by Crippen LogP contribution is 2.45. The van der Waals surface area contributed by atoms with E-state index in [9.17, 15) is 42.1 Å². The Morgan fingerprint density at radius 3 is 1.43 bits per heavy atom. The number of aromatic nitrogens is 2. The van der Waals surface area contributed by atoms with Crippen LogP contribution in [0.5, 0.6) is 0 Å². The van der Waals surface area contributed by atoms with Crippen molar-refractivity contribution < 1.29 is 26.3 Å². The fourth-order valence-corrected chi connectivity index (χ4v) is 7.90. The van der Waals surface area contributed by atoms with Crippen LogP contribution in [0.3, 0.4) is 0 Å². The Hall–Kier alpha value is -7.81. The van der Waals surface area contributed by atoms with Gasteiger partial charge in [-0.25, -0.2) is 0 Å². The van der Waals surface area contributed by atoms with Crippen LogP contribution in [0.1, 0.15) is 27.8 Å². The molecule has 0 radical (unpaired) electrons. The molecule has 0 aliphatic rings. The maximum absolute atomic E-state index is 14.3. The molecule has 2 heterocycles. The van der Waals surface area contributed by atoms with Crippen molar-refractivity contribution in [2.24, 2.45) is 0 Å². The zero-order valence-corrected chi connectivity index (χ0v) is 29.8. The number of para-hydroxylation sites is 2. The van der Waals surface area contributed by atoms with Crippen molar-refractivity contribution >= 4 is 43.6 Å². The molecule has 0 unspecified atom stereocenters. The first-order chi connectivity index (χ1) is 27.9. The number of hydrogen-bond donors (Lipinski definition) is 0. The SMILES string of the molecule is N#Cc1ccc(-n2c3ccccc3c3cc(C#N)ccc32)c(-c2cc(-n3c4ccccc4c4cc(C#N)ccc43)ccc2-c2cc(C(F)(F)F)cc(C(F)(F)F)c2)c1. The third-order valence-corrected chi connectivity index (χ3v) is 10.4. The Bertz CT molecular complexity index is 3280. The van der Waals surface area contributed by atoms with E-state index in [1.807, 2.05) is 57.7 Å². The maximum atomic E-state index is 14.3. The molecule has 0 aliphatic heterocycles. The van der Waals surface area contributed by atoms with Crippen LogP contribution in [0.4, 0.5) is 26.3 Å². The van der Waals surface area contributed by atoms with Gasteiger partial charge >= 0.3 is 12.4 Å².